The van der Waals surface area contributed by atoms with E-state index in [0.717, 1.165) is 13.0 Å². The summed E-state index contributed by atoms with van der Waals surface area (Å²) in [6.45, 7) is 1.69. The Morgan fingerprint density at radius 1 is 1.44 bits per heavy atom. The number of rotatable bonds is 3. The van der Waals surface area contributed by atoms with Crippen LogP contribution in [0.3, 0.4) is 0 Å². The van der Waals surface area contributed by atoms with Crippen LogP contribution >= 0.6 is 0 Å². The van der Waals surface area contributed by atoms with Crippen molar-refractivity contribution < 1.29 is 9.26 Å². The maximum Gasteiger partial charge on any atom is 0.250 e. The van der Waals surface area contributed by atoms with Gasteiger partial charge in [0.2, 0.25) is 5.89 Å². The summed E-state index contributed by atoms with van der Waals surface area (Å²) in [5, 5.41) is 3.94. The Kier molecular flexibility index (Phi) is 2.93. The van der Waals surface area contributed by atoms with Crippen LogP contribution < -0.4 is 5.56 Å². The second-order valence-electron chi connectivity index (χ2n) is 4.27. The molecule has 3 heterocycles. The van der Waals surface area contributed by atoms with Crippen LogP contribution in [0.4, 0.5) is 0 Å². The summed E-state index contributed by atoms with van der Waals surface area (Å²) in [4.78, 5) is 15.9. The Morgan fingerprint density at radius 2 is 2.39 bits per heavy atom. The molecule has 6 nitrogen and oxygen atoms in total. The van der Waals surface area contributed by atoms with E-state index in [2.05, 4.69) is 10.1 Å². The number of aromatic nitrogens is 3. The molecule has 1 aliphatic heterocycles. The third-order valence-corrected chi connectivity index (χ3v) is 2.98. The van der Waals surface area contributed by atoms with Crippen molar-refractivity contribution in [3.05, 3.63) is 46.5 Å². The highest BCUT2D eigenvalue weighted by molar-refractivity contribution is 4.99. The van der Waals surface area contributed by atoms with Gasteiger partial charge in [-0.2, -0.15) is 4.98 Å². The first kappa shape index (κ1) is 11.2. The predicted molar refractivity (Wildman–Crippen MR) is 62.3 cm³/mol. The minimum atomic E-state index is -0.0820. The lowest BCUT2D eigenvalue weighted by atomic mass is 10.1. The van der Waals surface area contributed by atoms with Gasteiger partial charge in [-0.05, 0) is 12.5 Å². The summed E-state index contributed by atoms with van der Waals surface area (Å²) >= 11 is 0. The highest BCUT2D eigenvalue weighted by atomic mass is 16.5. The molecule has 0 unspecified atom stereocenters. The molecule has 6 heteroatoms. The Morgan fingerprint density at radius 3 is 3.17 bits per heavy atom. The lowest BCUT2D eigenvalue weighted by Gasteiger charge is -2.00. The van der Waals surface area contributed by atoms with Gasteiger partial charge in [-0.3, -0.25) is 4.79 Å². The molecule has 18 heavy (non-hydrogen) atoms. The van der Waals surface area contributed by atoms with Crippen LogP contribution in [0.15, 0.2) is 33.7 Å². The number of pyridine rings is 1. The zero-order chi connectivity index (χ0) is 12.4. The fraction of sp³-hybridized carbons (Fsp3) is 0.417. The van der Waals surface area contributed by atoms with Gasteiger partial charge in [-0.25, -0.2) is 0 Å². The van der Waals surface area contributed by atoms with Crippen LogP contribution in [0.2, 0.25) is 0 Å². The van der Waals surface area contributed by atoms with Gasteiger partial charge in [0.25, 0.3) is 5.56 Å². The monoisotopic (exact) mass is 247 g/mol. The lowest BCUT2D eigenvalue weighted by Crippen LogP contribution is -2.18. The van der Waals surface area contributed by atoms with E-state index in [0.29, 0.717) is 24.9 Å². The Balaban J connectivity index is 1.77. The SMILES string of the molecule is O=c1ccccn1Cc1nc([C@@H]2CCOC2)no1. The molecule has 1 fully saturated rings. The van der Waals surface area contributed by atoms with Crippen molar-refractivity contribution in [1.29, 1.82) is 0 Å². The van der Waals surface area contributed by atoms with E-state index < -0.39 is 0 Å². The molecular formula is C12H13N3O3. The molecule has 0 saturated carbocycles. The topological polar surface area (TPSA) is 70.2 Å². The van der Waals surface area contributed by atoms with Crippen LogP contribution in [0.25, 0.3) is 0 Å². The van der Waals surface area contributed by atoms with Crippen LogP contribution in [0.5, 0.6) is 0 Å². The van der Waals surface area contributed by atoms with E-state index in [1.54, 1.807) is 18.3 Å². The molecule has 1 saturated heterocycles. The molecule has 0 amide bonds. The lowest BCUT2D eigenvalue weighted by molar-refractivity contribution is 0.192. The van der Waals surface area contributed by atoms with E-state index >= 15 is 0 Å². The summed E-state index contributed by atoms with van der Waals surface area (Å²) in [6.07, 6.45) is 2.62. The molecule has 0 aromatic carbocycles. The summed E-state index contributed by atoms with van der Waals surface area (Å²) in [5.74, 6) is 1.34. The first-order valence-electron chi connectivity index (χ1n) is 5.88. The molecule has 1 atom stereocenters. The van der Waals surface area contributed by atoms with Gasteiger partial charge in [-0.1, -0.05) is 11.2 Å². The summed E-state index contributed by atoms with van der Waals surface area (Å²) < 4.78 is 12.0. The normalized spacial score (nSPS) is 19.2. The second-order valence-corrected chi connectivity index (χ2v) is 4.27. The largest absolute Gasteiger partial charge is 0.381 e. The smallest absolute Gasteiger partial charge is 0.250 e. The van der Waals surface area contributed by atoms with Crippen LogP contribution in [0.1, 0.15) is 24.1 Å². The molecule has 94 valence electrons. The van der Waals surface area contributed by atoms with E-state index in [1.807, 2.05) is 0 Å². The molecule has 1 aliphatic rings. The number of hydrogen-bond donors (Lipinski definition) is 0. The van der Waals surface area contributed by atoms with Crippen molar-refractivity contribution >= 4 is 0 Å². The maximum atomic E-state index is 11.5. The first-order valence-corrected chi connectivity index (χ1v) is 5.88. The molecule has 0 spiro atoms. The second kappa shape index (κ2) is 4.73. The summed E-state index contributed by atoms with van der Waals surface area (Å²) in [5.41, 5.74) is -0.0820. The van der Waals surface area contributed by atoms with Crippen molar-refractivity contribution in [3.8, 4) is 0 Å². The van der Waals surface area contributed by atoms with Crippen molar-refractivity contribution in [3.63, 3.8) is 0 Å². The summed E-state index contributed by atoms with van der Waals surface area (Å²) in [6, 6.07) is 5.00. The average Bonchev–Trinajstić information content (AvgIpc) is 3.02. The quantitative estimate of drug-likeness (QED) is 0.801. The standard InChI is InChI=1S/C12H13N3O3/c16-11-3-1-2-5-15(11)7-10-13-12(14-18-10)9-4-6-17-8-9/h1-3,5,9H,4,6-8H2/t9-/m1/s1. The zero-order valence-electron chi connectivity index (χ0n) is 9.78. The van der Waals surface area contributed by atoms with Crippen LogP contribution in [-0.4, -0.2) is 27.9 Å². The minimum absolute atomic E-state index is 0.0820. The summed E-state index contributed by atoms with van der Waals surface area (Å²) in [7, 11) is 0. The number of nitrogens with zero attached hydrogens (tertiary/aromatic N) is 3. The maximum absolute atomic E-state index is 11.5. The molecule has 3 rings (SSSR count). The Labute approximate surface area is 103 Å². The van der Waals surface area contributed by atoms with Gasteiger partial charge in [0.15, 0.2) is 5.82 Å². The number of hydrogen-bond acceptors (Lipinski definition) is 5. The number of ether oxygens (including phenoxy) is 1. The van der Waals surface area contributed by atoms with E-state index in [9.17, 15) is 4.79 Å². The molecule has 0 bridgehead atoms. The van der Waals surface area contributed by atoms with E-state index in [-0.39, 0.29) is 11.5 Å². The van der Waals surface area contributed by atoms with E-state index in [4.69, 9.17) is 9.26 Å². The fourth-order valence-corrected chi connectivity index (χ4v) is 1.97. The highest BCUT2D eigenvalue weighted by Crippen LogP contribution is 2.22. The predicted octanol–water partition coefficient (Wildman–Crippen LogP) is 0.784. The van der Waals surface area contributed by atoms with Crippen LogP contribution in [-0.2, 0) is 11.3 Å². The third-order valence-electron chi connectivity index (χ3n) is 2.98. The fourth-order valence-electron chi connectivity index (χ4n) is 1.97. The Hall–Kier alpha value is -1.95. The Bertz CT molecular complexity index is 584. The molecular weight excluding hydrogens is 234 g/mol. The van der Waals surface area contributed by atoms with E-state index in [1.165, 1.54) is 10.6 Å². The van der Waals surface area contributed by atoms with Gasteiger partial charge < -0.3 is 13.8 Å². The molecule has 0 N–H and O–H groups in total. The molecule has 2 aromatic heterocycles. The first-order chi connectivity index (χ1) is 8.83. The van der Waals surface area contributed by atoms with Gasteiger partial charge in [0, 0.05) is 24.8 Å². The minimum Gasteiger partial charge on any atom is -0.381 e. The van der Waals surface area contributed by atoms with Crippen molar-refractivity contribution in [1.82, 2.24) is 14.7 Å². The third kappa shape index (κ3) is 2.19. The molecule has 2 aromatic rings. The average molecular weight is 247 g/mol. The van der Waals surface area contributed by atoms with Crippen molar-refractivity contribution in [2.45, 2.75) is 18.9 Å². The zero-order valence-corrected chi connectivity index (χ0v) is 9.78. The van der Waals surface area contributed by atoms with Crippen molar-refractivity contribution in [2.75, 3.05) is 13.2 Å². The molecule has 0 radical (unpaired) electrons. The molecule has 0 aliphatic carbocycles. The van der Waals surface area contributed by atoms with Gasteiger partial charge in [0.1, 0.15) is 6.54 Å². The van der Waals surface area contributed by atoms with Crippen LogP contribution in [0, 0.1) is 0 Å². The highest BCUT2D eigenvalue weighted by Gasteiger charge is 2.23. The van der Waals surface area contributed by atoms with Crippen molar-refractivity contribution in [2.24, 2.45) is 0 Å². The van der Waals surface area contributed by atoms with Gasteiger partial charge in [0.05, 0.1) is 6.61 Å². The van der Waals surface area contributed by atoms with Gasteiger partial charge >= 0.3 is 0 Å². The van der Waals surface area contributed by atoms with Gasteiger partial charge in [-0.15, -0.1) is 0 Å².